The number of aryl methyl sites for hydroxylation is 1. The van der Waals surface area contributed by atoms with E-state index in [1.165, 1.54) is 12.0 Å². The molecule has 0 radical (unpaired) electrons. The fourth-order valence-electron chi connectivity index (χ4n) is 2.80. The highest BCUT2D eigenvalue weighted by molar-refractivity contribution is 5.47. The zero-order chi connectivity index (χ0) is 12.5. The van der Waals surface area contributed by atoms with Crippen molar-refractivity contribution in [2.75, 3.05) is 13.2 Å². The molecule has 0 amide bonds. The zero-order valence-electron chi connectivity index (χ0n) is 10.7. The molecule has 0 saturated carbocycles. The first-order chi connectivity index (χ1) is 8.78. The van der Waals surface area contributed by atoms with Gasteiger partial charge in [-0.3, -0.25) is 4.90 Å². The lowest BCUT2D eigenvalue weighted by molar-refractivity contribution is 0.152. The molecule has 0 aliphatic carbocycles. The molecule has 1 aliphatic heterocycles. The van der Waals surface area contributed by atoms with Crippen LogP contribution in [-0.2, 0) is 6.54 Å². The third-order valence-corrected chi connectivity index (χ3v) is 3.80. The fraction of sp³-hybridized carbons (Fsp3) is 0.500. The van der Waals surface area contributed by atoms with Crippen molar-refractivity contribution in [2.24, 2.45) is 0 Å². The molecule has 0 bridgehead atoms. The van der Waals surface area contributed by atoms with Crippen LogP contribution in [0.2, 0.25) is 0 Å². The Bertz CT molecular complexity index is 549. The smallest absolute Gasteiger partial charge is 0.139 e. The van der Waals surface area contributed by atoms with Crippen LogP contribution in [-0.4, -0.2) is 38.6 Å². The summed E-state index contributed by atoms with van der Waals surface area (Å²) in [5.74, 6) is 0. The largest absolute Gasteiger partial charge is 0.395 e. The van der Waals surface area contributed by atoms with E-state index in [1.54, 1.807) is 0 Å². The van der Waals surface area contributed by atoms with Gasteiger partial charge < -0.3 is 9.51 Å². The van der Waals surface area contributed by atoms with E-state index in [0.717, 1.165) is 30.9 Å². The highest BCUT2D eigenvalue weighted by Gasteiger charge is 2.24. The van der Waals surface area contributed by atoms with Crippen molar-refractivity contribution in [3.8, 4) is 0 Å². The number of fused-ring (bicyclic) bond motifs is 1. The van der Waals surface area contributed by atoms with Crippen LogP contribution >= 0.6 is 0 Å². The van der Waals surface area contributed by atoms with Crippen molar-refractivity contribution in [3.05, 3.63) is 35.8 Å². The summed E-state index contributed by atoms with van der Waals surface area (Å²) in [4.78, 5) is 7.01. The monoisotopic (exact) mass is 245 g/mol. The maximum absolute atomic E-state index is 9.33. The van der Waals surface area contributed by atoms with E-state index in [-0.39, 0.29) is 6.61 Å². The maximum atomic E-state index is 9.33. The summed E-state index contributed by atoms with van der Waals surface area (Å²) in [5, 5.41) is 9.33. The Hall–Kier alpha value is -1.39. The predicted octanol–water partition coefficient (Wildman–Crippen LogP) is 1.60. The molecule has 3 heterocycles. The second kappa shape index (κ2) is 4.71. The summed E-state index contributed by atoms with van der Waals surface area (Å²) in [7, 11) is 0. The van der Waals surface area contributed by atoms with Gasteiger partial charge in [-0.15, -0.1) is 0 Å². The van der Waals surface area contributed by atoms with Crippen LogP contribution in [0.4, 0.5) is 0 Å². The lowest BCUT2D eigenvalue weighted by atomic mass is 10.2. The van der Waals surface area contributed by atoms with Crippen LogP contribution < -0.4 is 0 Å². The number of imidazole rings is 1. The van der Waals surface area contributed by atoms with Gasteiger partial charge in [0.05, 0.1) is 12.3 Å². The number of aliphatic hydroxyl groups is 1. The molecule has 1 saturated heterocycles. The van der Waals surface area contributed by atoms with E-state index in [9.17, 15) is 5.11 Å². The zero-order valence-corrected chi connectivity index (χ0v) is 10.7. The van der Waals surface area contributed by atoms with Gasteiger partial charge in [-0.2, -0.15) is 0 Å². The van der Waals surface area contributed by atoms with Gasteiger partial charge in [0.15, 0.2) is 0 Å². The minimum absolute atomic E-state index is 0.256. The van der Waals surface area contributed by atoms with E-state index in [2.05, 4.69) is 33.5 Å². The fourth-order valence-corrected chi connectivity index (χ4v) is 2.80. The number of nitrogens with zero attached hydrogens (tertiary/aromatic N) is 3. The molecule has 2 aromatic rings. The summed E-state index contributed by atoms with van der Waals surface area (Å²) in [6.07, 6.45) is 6.40. The summed E-state index contributed by atoms with van der Waals surface area (Å²) in [6.45, 7) is 4.25. The minimum Gasteiger partial charge on any atom is -0.395 e. The first-order valence-corrected chi connectivity index (χ1v) is 6.56. The Balaban J connectivity index is 1.84. The van der Waals surface area contributed by atoms with Crippen molar-refractivity contribution < 1.29 is 5.11 Å². The molecular weight excluding hydrogens is 226 g/mol. The van der Waals surface area contributed by atoms with E-state index in [4.69, 9.17) is 0 Å². The average Bonchev–Trinajstić information content (AvgIpc) is 2.96. The summed E-state index contributed by atoms with van der Waals surface area (Å²) in [6, 6.07) is 4.44. The average molecular weight is 245 g/mol. The summed E-state index contributed by atoms with van der Waals surface area (Å²) >= 11 is 0. The lowest BCUT2D eigenvalue weighted by Gasteiger charge is -2.21. The highest BCUT2D eigenvalue weighted by atomic mass is 16.3. The van der Waals surface area contributed by atoms with E-state index >= 15 is 0 Å². The first kappa shape index (κ1) is 11.7. The molecule has 1 N–H and O–H groups in total. The topological polar surface area (TPSA) is 40.8 Å². The Kier molecular flexibility index (Phi) is 3.06. The number of aliphatic hydroxyl groups excluding tert-OH is 1. The molecule has 1 atom stereocenters. The van der Waals surface area contributed by atoms with Gasteiger partial charge in [-0.25, -0.2) is 4.98 Å². The molecule has 0 spiro atoms. The lowest BCUT2D eigenvalue weighted by Crippen LogP contribution is -2.31. The summed E-state index contributed by atoms with van der Waals surface area (Å²) in [5.41, 5.74) is 3.32. The van der Waals surface area contributed by atoms with E-state index < -0.39 is 0 Å². The molecule has 18 heavy (non-hydrogen) atoms. The van der Waals surface area contributed by atoms with Gasteiger partial charge in [0, 0.05) is 25.0 Å². The molecular formula is C14H19N3O. The van der Waals surface area contributed by atoms with Crippen molar-refractivity contribution in [1.82, 2.24) is 14.3 Å². The standard InChI is InChI=1S/C14H19N3O/c1-11-4-2-7-17-9-12(15-14(11)17)8-16-6-3-5-13(16)10-18/h2,4,7,9,13,18H,3,5-6,8,10H2,1H3/t13-/m1/s1. The molecule has 0 aromatic carbocycles. The molecule has 4 heteroatoms. The van der Waals surface area contributed by atoms with Gasteiger partial charge in [-0.1, -0.05) is 6.07 Å². The number of hydrogen-bond acceptors (Lipinski definition) is 3. The molecule has 96 valence electrons. The number of hydrogen-bond donors (Lipinski definition) is 1. The molecule has 4 nitrogen and oxygen atoms in total. The quantitative estimate of drug-likeness (QED) is 0.893. The number of aromatic nitrogens is 2. The highest BCUT2D eigenvalue weighted by Crippen LogP contribution is 2.20. The Morgan fingerprint density at radius 2 is 2.39 bits per heavy atom. The minimum atomic E-state index is 0.256. The van der Waals surface area contributed by atoms with E-state index in [1.807, 2.05) is 12.3 Å². The number of pyridine rings is 1. The van der Waals surface area contributed by atoms with Gasteiger partial charge in [0.2, 0.25) is 0 Å². The normalized spacial score (nSPS) is 20.9. The third kappa shape index (κ3) is 2.02. The van der Waals surface area contributed by atoms with Crippen molar-refractivity contribution in [1.29, 1.82) is 0 Å². The van der Waals surface area contributed by atoms with Gasteiger partial charge in [0.25, 0.3) is 0 Å². The molecule has 2 aromatic heterocycles. The van der Waals surface area contributed by atoms with Crippen LogP contribution in [0.15, 0.2) is 24.5 Å². The summed E-state index contributed by atoms with van der Waals surface area (Å²) < 4.78 is 2.08. The third-order valence-electron chi connectivity index (χ3n) is 3.80. The van der Waals surface area contributed by atoms with Crippen molar-refractivity contribution >= 4 is 5.65 Å². The SMILES string of the molecule is Cc1cccn2cc(CN3CCC[C@@H]3CO)nc12. The maximum Gasteiger partial charge on any atom is 0.139 e. The Labute approximate surface area is 107 Å². The predicted molar refractivity (Wildman–Crippen MR) is 70.4 cm³/mol. The van der Waals surface area contributed by atoms with Gasteiger partial charge in [0.1, 0.15) is 5.65 Å². The van der Waals surface area contributed by atoms with E-state index in [0.29, 0.717) is 6.04 Å². The number of rotatable bonds is 3. The van der Waals surface area contributed by atoms with Crippen molar-refractivity contribution in [2.45, 2.75) is 32.4 Å². The molecule has 1 aliphatic rings. The Morgan fingerprint density at radius 3 is 3.17 bits per heavy atom. The first-order valence-electron chi connectivity index (χ1n) is 6.56. The van der Waals surface area contributed by atoms with Gasteiger partial charge in [-0.05, 0) is 37.9 Å². The second-order valence-electron chi connectivity index (χ2n) is 5.10. The second-order valence-corrected chi connectivity index (χ2v) is 5.10. The number of likely N-dealkylation sites (tertiary alicyclic amines) is 1. The Morgan fingerprint density at radius 1 is 1.50 bits per heavy atom. The van der Waals surface area contributed by atoms with Crippen LogP contribution in [0.1, 0.15) is 24.1 Å². The van der Waals surface area contributed by atoms with Crippen LogP contribution in [0.25, 0.3) is 5.65 Å². The molecule has 0 unspecified atom stereocenters. The molecule has 1 fully saturated rings. The van der Waals surface area contributed by atoms with Crippen LogP contribution in [0, 0.1) is 6.92 Å². The molecule has 3 rings (SSSR count). The van der Waals surface area contributed by atoms with Crippen molar-refractivity contribution in [3.63, 3.8) is 0 Å². The van der Waals surface area contributed by atoms with Gasteiger partial charge >= 0.3 is 0 Å². The van der Waals surface area contributed by atoms with Crippen LogP contribution in [0.3, 0.4) is 0 Å². The van der Waals surface area contributed by atoms with Crippen LogP contribution in [0.5, 0.6) is 0 Å².